The minimum atomic E-state index is -3.50. The minimum Gasteiger partial charge on any atom is -0.381 e. The molecule has 124 valence electrons. The van der Waals surface area contributed by atoms with Gasteiger partial charge in [0.15, 0.2) is 19.7 Å². The van der Waals surface area contributed by atoms with E-state index in [1.165, 1.54) is 12.1 Å². The summed E-state index contributed by atoms with van der Waals surface area (Å²) in [6, 6.07) is 4.50. The van der Waals surface area contributed by atoms with Crippen LogP contribution in [0.25, 0.3) is 0 Å². The van der Waals surface area contributed by atoms with Gasteiger partial charge in [-0.25, -0.2) is 16.8 Å². The van der Waals surface area contributed by atoms with E-state index in [1.807, 2.05) is 0 Å². The van der Waals surface area contributed by atoms with Crippen molar-refractivity contribution in [2.24, 2.45) is 5.92 Å². The van der Waals surface area contributed by atoms with Crippen LogP contribution in [-0.2, 0) is 19.7 Å². The third-order valence-electron chi connectivity index (χ3n) is 4.16. The first-order valence-electron chi connectivity index (χ1n) is 7.38. The van der Waals surface area contributed by atoms with Crippen molar-refractivity contribution >= 4 is 25.4 Å². The Bertz CT molecular complexity index is 746. The Morgan fingerprint density at radius 1 is 0.955 bits per heavy atom. The molecule has 0 unspecified atom stereocenters. The Balaban J connectivity index is 2.35. The first kappa shape index (κ1) is 17.3. The Labute approximate surface area is 133 Å². The summed E-state index contributed by atoms with van der Waals surface area (Å²) in [5.41, 5.74) is 0.495. The molecular weight excluding hydrogens is 322 g/mol. The third-order valence-corrected chi connectivity index (χ3v) is 6.40. The fraction of sp³-hybridized carbons (Fsp3) is 0.600. The summed E-state index contributed by atoms with van der Waals surface area (Å²) < 4.78 is 47.3. The summed E-state index contributed by atoms with van der Waals surface area (Å²) in [5, 5.41) is 3.28. The predicted octanol–water partition coefficient (Wildman–Crippen LogP) is 2.48. The Kier molecular flexibility index (Phi) is 4.87. The third kappa shape index (κ3) is 4.23. The fourth-order valence-corrected chi connectivity index (χ4v) is 4.37. The van der Waals surface area contributed by atoms with E-state index in [0.29, 0.717) is 11.6 Å². The van der Waals surface area contributed by atoms with Gasteiger partial charge in [0, 0.05) is 18.6 Å². The topological polar surface area (TPSA) is 80.3 Å². The van der Waals surface area contributed by atoms with E-state index < -0.39 is 19.7 Å². The summed E-state index contributed by atoms with van der Waals surface area (Å²) in [6.45, 7) is 2.22. The molecule has 0 saturated heterocycles. The number of nitrogens with one attached hydrogen (secondary N) is 1. The molecule has 1 N–H and O–H groups in total. The lowest BCUT2D eigenvalue weighted by atomic mass is 9.87. The van der Waals surface area contributed by atoms with Crippen LogP contribution in [-0.4, -0.2) is 35.4 Å². The second-order valence-corrected chi connectivity index (χ2v) is 10.3. The molecular formula is C15H23NO4S2. The van der Waals surface area contributed by atoms with Crippen LogP contribution in [0.2, 0.25) is 0 Å². The van der Waals surface area contributed by atoms with Crippen molar-refractivity contribution in [3.05, 3.63) is 18.2 Å². The normalized spacial score (nSPS) is 23.2. The fourth-order valence-electron chi connectivity index (χ4n) is 2.78. The average molecular weight is 345 g/mol. The number of sulfone groups is 2. The molecule has 0 spiro atoms. The summed E-state index contributed by atoms with van der Waals surface area (Å²) in [7, 11) is -6.94. The maximum atomic E-state index is 12.0. The van der Waals surface area contributed by atoms with Gasteiger partial charge in [0.1, 0.15) is 0 Å². The van der Waals surface area contributed by atoms with E-state index in [1.54, 1.807) is 6.07 Å². The molecule has 0 atom stereocenters. The molecule has 1 aliphatic carbocycles. The van der Waals surface area contributed by atoms with E-state index in [9.17, 15) is 16.8 Å². The van der Waals surface area contributed by atoms with Crippen molar-refractivity contribution in [1.82, 2.24) is 0 Å². The Morgan fingerprint density at radius 2 is 1.55 bits per heavy atom. The molecule has 0 aromatic heterocycles. The number of anilines is 1. The molecule has 1 saturated carbocycles. The summed E-state index contributed by atoms with van der Waals surface area (Å²) in [5.74, 6) is 0.708. The van der Waals surface area contributed by atoms with Crippen LogP contribution in [0, 0.1) is 5.92 Å². The maximum absolute atomic E-state index is 12.0. The monoisotopic (exact) mass is 345 g/mol. The minimum absolute atomic E-state index is 0.0238. The molecule has 5 nitrogen and oxygen atoms in total. The van der Waals surface area contributed by atoms with Gasteiger partial charge in [-0.3, -0.25) is 0 Å². The standard InChI is InChI=1S/C15H23NO4S2/c1-11-4-6-12(7-5-11)16-14-9-8-13(21(2,17)18)10-15(14)22(3,19)20/h8-12,16H,4-7H2,1-3H3. The molecule has 1 aromatic carbocycles. The van der Waals surface area contributed by atoms with Gasteiger partial charge in [-0.15, -0.1) is 0 Å². The van der Waals surface area contributed by atoms with Gasteiger partial charge in [0.2, 0.25) is 0 Å². The highest BCUT2D eigenvalue weighted by molar-refractivity contribution is 7.91. The van der Waals surface area contributed by atoms with Gasteiger partial charge in [-0.05, 0) is 49.8 Å². The predicted molar refractivity (Wildman–Crippen MR) is 87.7 cm³/mol. The zero-order valence-electron chi connectivity index (χ0n) is 13.2. The smallest absolute Gasteiger partial charge is 0.177 e. The van der Waals surface area contributed by atoms with Crippen molar-refractivity contribution < 1.29 is 16.8 Å². The molecule has 0 aliphatic heterocycles. The quantitative estimate of drug-likeness (QED) is 0.907. The van der Waals surface area contributed by atoms with Crippen LogP contribution >= 0.6 is 0 Å². The van der Waals surface area contributed by atoms with Gasteiger partial charge in [-0.2, -0.15) is 0 Å². The zero-order chi connectivity index (χ0) is 16.5. The van der Waals surface area contributed by atoms with Crippen LogP contribution in [0.5, 0.6) is 0 Å². The number of rotatable bonds is 4. The summed E-state index contributed by atoms with van der Waals surface area (Å²) >= 11 is 0. The first-order valence-corrected chi connectivity index (χ1v) is 11.2. The van der Waals surface area contributed by atoms with Crippen molar-refractivity contribution in [3.8, 4) is 0 Å². The second-order valence-electron chi connectivity index (χ2n) is 6.30. The maximum Gasteiger partial charge on any atom is 0.177 e. The molecule has 0 radical (unpaired) electrons. The van der Waals surface area contributed by atoms with Gasteiger partial charge in [-0.1, -0.05) is 6.92 Å². The largest absolute Gasteiger partial charge is 0.381 e. The van der Waals surface area contributed by atoms with E-state index in [2.05, 4.69) is 12.2 Å². The number of benzene rings is 1. The average Bonchev–Trinajstić information content (AvgIpc) is 2.39. The molecule has 1 fully saturated rings. The van der Waals surface area contributed by atoms with Gasteiger partial charge < -0.3 is 5.32 Å². The van der Waals surface area contributed by atoms with Crippen LogP contribution in [0.15, 0.2) is 28.0 Å². The van der Waals surface area contributed by atoms with Gasteiger partial charge in [0.25, 0.3) is 0 Å². The lowest BCUT2D eigenvalue weighted by molar-refractivity contribution is 0.361. The Hall–Kier alpha value is -1.08. The zero-order valence-corrected chi connectivity index (χ0v) is 14.8. The van der Waals surface area contributed by atoms with Crippen molar-refractivity contribution in [2.75, 3.05) is 17.8 Å². The highest BCUT2D eigenvalue weighted by Crippen LogP contribution is 2.30. The van der Waals surface area contributed by atoms with Crippen LogP contribution in [0.3, 0.4) is 0 Å². The molecule has 2 rings (SSSR count). The first-order chi connectivity index (χ1) is 10.1. The SMILES string of the molecule is CC1CCC(Nc2ccc(S(C)(=O)=O)cc2S(C)(=O)=O)CC1. The van der Waals surface area contributed by atoms with Crippen molar-refractivity contribution in [2.45, 2.75) is 48.4 Å². The summed E-state index contributed by atoms with van der Waals surface area (Å²) in [4.78, 5) is 0.0739. The van der Waals surface area contributed by atoms with Crippen LogP contribution in [0.1, 0.15) is 32.6 Å². The highest BCUT2D eigenvalue weighted by Gasteiger charge is 2.22. The summed E-state index contributed by atoms with van der Waals surface area (Å²) in [6.07, 6.45) is 6.41. The van der Waals surface area contributed by atoms with Crippen LogP contribution in [0.4, 0.5) is 5.69 Å². The number of hydrogen-bond acceptors (Lipinski definition) is 5. The van der Waals surface area contributed by atoms with Crippen LogP contribution < -0.4 is 5.32 Å². The number of hydrogen-bond donors (Lipinski definition) is 1. The van der Waals surface area contributed by atoms with E-state index in [0.717, 1.165) is 38.2 Å². The molecule has 7 heteroatoms. The lowest BCUT2D eigenvalue weighted by Crippen LogP contribution is -2.26. The van der Waals surface area contributed by atoms with E-state index >= 15 is 0 Å². The van der Waals surface area contributed by atoms with Gasteiger partial charge in [0.05, 0.1) is 15.5 Å². The Morgan fingerprint density at radius 3 is 2.05 bits per heavy atom. The molecule has 0 bridgehead atoms. The van der Waals surface area contributed by atoms with E-state index in [4.69, 9.17) is 0 Å². The van der Waals surface area contributed by atoms with Crippen molar-refractivity contribution in [3.63, 3.8) is 0 Å². The molecule has 1 aliphatic rings. The molecule has 22 heavy (non-hydrogen) atoms. The lowest BCUT2D eigenvalue weighted by Gasteiger charge is -2.28. The molecule has 0 heterocycles. The molecule has 1 aromatic rings. The second kappa shape index (κ2) is 6.20. The highest BCUT2D eigenvalue weighted by atomic mass is 32.2. The van der Waals surface area contributed by atoms with E-state index in [-0.39, 0.29) is 15.8 Å². The van der Waals surface area contributed by atoms with Gasteiger partial charge >= 0.3 is 0 Å². The van der Waals surface area contributed by atoms with Crippen molar-refractivity contribution in [1.29, 1.82) is 0 Å². The molecule has 0 amide bonds.